The molecule has 1 aromatic carbocycles. The molecule has 0 unspecified atom stereocenters. The summed E-state index contributed by atoms with van der Waals surface area (Å²) in [7, 11) is 2.81. The van der Waals surface area contributed by atoms with Gasteiger partial charge in [-0.2, -0.15) is 18.3 Å². The molecule has 6 nitrogen and oxygen atoms in total. The maximum absolute atomic E-state index is 12.8. The van der Waals surface area contributed by atoms with E-state index in [1.165, 1.54) is 11.7 Å². The number of hydrogen-bond donors (Lipinski definition) is 0. The van der Waals surface area contributed by atoms with E-state index in [1.807, 2.05) is 18.2 Å². The molecule has 2 aromatic heterocycles. The fourth-order valence-corrected chi connectivity index (χ4v) is 2.39. The molecule has 3 rings (SSSR count). The summed E-state index contributed by atoms with van der Waals surface area (Å²) >= 11 is 0. The van der Waals surface area contributed by atoms with E-state index >= 15 is 0 Å². The van der Waals surface area contributed by atoms with Crippen LogP contribution in [0.5, 0.6) is 5.75 Å². The van der Waals surface area contributed by atoms with Crippen LogP contribution in [-0.2, 0) is 19.8 Å². The summed E-state index contributed by atoms with van der Waals surface area (Å²) in [5, 5.41) is 11.9. The van der Waals surface area contributed by atoms with Crippen LogP contribution in [0.15, 0.2) is 36.5 Å². The second-order valence-corrected chi connectivity index (χ2v) is 5.14. The number of hydrogen-bond acceptors (Lipinski definition) is 4. The first-order chi connectivity index (χ1) is 11.4. The molecule has 0 saturated carbocycles. The number of methoxy groups -OCH3 is 1. The van der Waals surface area contributed by atoms with Crippen molar-refractivity contribution in [3.05, 3.63) is 47.9 Å². The maximum atomic E-state index is 12.8. The molecule has 0 bridgehead atoms. The minimum absolute atomic E-state index is 0.0894. The van der Waals surface area contributed by atoms with Crippen molar-refractivity contribution in [3.63, 3.8) is 0 Å². The molecule has 0 aliphatic carbocycles. The number of benzene rings is 1. The Kier molecular flexibility index (Phi) is 4.00. The highest BCUT2D eigenvalue weighted by atomic mass is 19.4. The van der Waals surface area contributed by atoms with Crippen molar-refractivity contribution in [2.24, 2.45) is 7.05 Å². The van der Waals surface area contributed by atoms with Crippen LogP contribution in [0.1, 0.15) is 11.4 Å². The summed E-state index contributed by atoms with van der Waals surface area (Å²) in [6.07, 6.45) is -2.80. The monoisotopic (exact) mass is 337 g/mol. The summed E-state index contributed by atoms with van der Waals surface area (Å²) < 4.78 is 45.9. The van der Waals surface area contributed by atoms with Gasteiger partial charge in [-0.15, -0.1) is 5.10 Å². The summed E-state index contributed by atoms with van der Waals surface area (Å²) in [5.74, 6) is 0.641. The Morgan fingerprint density at radius 2 is 1.96 bits per heavy atom. The Bertz CT molecular complexity index is 853. The Labute approximate surface area is 135 Å². The van der Waals surface area contributed by atoms with Crippen LogP contribution >= 0.6 is 0 Å². The Balaban J connectivity index is 1.85. The zero-order chi connectivity index (χ0) is 17.3. The first-order valence-electron chi connectivity index (χ1n) is 7.02. The molecule has 24 heavy (non-hydrogen) atoms. The topological polar surface area (TPSA) is 57.8 Å². The Hall–Kier alpha value is -2.84. The molecule has 0 radical (unpaired) electrons. The lowest BCUT2D eigenvalue weighted by atomic mass is 10.1. The van der Waals surface area contributed by atoms with Crippen LogP contribution in [0.2, 0.25) is 0 Å². The van der Waals surface area contributed by atoms with Gasteiger partial charge in [0.25, 0.3) is 0 Å². The lowest BCUT2D eigenvalue weighted by molar-refractivity contribution is -0.143. The summed E-state index contributed by atoms with van der Waals surface area (Å²) in [4.78, 5) is 0. The molecule has 3 aromatic rings. The minimum Gasteiger partial charge on any atom is -0.496 e. The highest BCUT2D eigenvalue weighted by Crippen LogP contribution is 2.30. The molecule has 0 aliphatic heterocycles. The lowest BCUT2D eigenvalue weighted by Gasteiger charge is -2.04. The molecule has 9 heteroatoms. The number of nitrogens with zero attached hydrogens (tertiary/aromatic N) is 5. The maximum Gasteiger partial charge on any atom is 0.433 e. The quantitative estimate of drug-likeness (QED) is 0.735. The van der Waals surface area contributed by atoms with Gasteiger partial charge < -0.3 is 4.74 Å². The predicted octanol–water partition coefficient (Wildman–Crippen LogP) is 2.75. The van der Waals surface area contributed by atoms with Gasteiger partial charge in [0.1, 0.15) is 17.1 Å². The van der Waals surface area contributed by atoms with Gasteiger partial charge in [-0.1, -0.05) is 17.3 Å². The van der Waals surface area contributed by atoms with E-state index in [2.05, 4.69) is 15.4 Å². The highest BCUT2D eigenvalue weighted by Gasteiger charge is 2.34. The van der Waals surface area contributed by atoms with E-state index in [9.17, 15) is 13.2 Å². The molecule has 0 N–H and O–H groups in total. The fraction of sp³-hybridized carbons (Fsp3) is 0.267. The summed E-state index contributed by atoms with van der Waals surface area (Å²) in [6, 6.07) is 8.30. The van der Waals surface area contributed by atoms with Gasteiger partial charge >= 0.3 is 6.18 Å². The van der Waals surface area contributed by atoms with Gasteiger partial charge in [-0.25, -0.2) is 4.68 Å². The summed E-state index contributed by atoms with van der Waals surface area (Å²) in [6.45, 7) is 0.0894. The number of alkyl halides is 3. The average molecular weight is 337 g/mol. The SMILES string of the molecule is COc1ccccc1-c1cn(Cc2cc(C(F)(F)F)n(C)n2)nn1. The number of aryl methyl sites for hydroxylation is 1. The standard InChI is InChI=1S/C15H14F3N5O/c1-22-14(15(16,17)18)7-10(20-22)8-23-9-12(19-21-23)11-5-3-4-6-13(11)24-2/h3-7,9H,8H2,1-2H3. The smallest absolute Gasteiger partial charge is 0.433 e. The van der Waals surface area contributed by atoms with Gasteiger partial charge in [0.05, 0.1) is 25.5 Å². The van der Waals surface area contributed by atoms with Gasteiger partial charge in [0, 0.05) is 12.6 Å². The molecule has 0 fully saturated rings. The molecule has 0 spiro atoms. The first kappa shape index (κ1) is 16.0. The zero-order valence-corrected chi connectivity index (χ0v) is 12.9. The van der Waals surface area contributed by atoms with E-state index < -0.39 is 11.9 Å². The second-order valence-electron chi connectivity index (χ2n) is 5.14. The molecular formula is C15H14F3N5O. The number of para-hydroxylation sites is 1. The van der Waals surface area contributed by atoms with Gasteiger partial charge in [0.2, 0.25) is 0 Å². The van der Waals surface area contributed by atoms with Crippen LogP contribution in [0.3, 0.4) is 0 Å². The Morgan fingerprint density at radius 1 is 1.21 bits per heavy atom. The highest BCUT2D eigenvalue weighted by molar-refractivity contribution is 5.65. The molecular weight excluding hydrogens is 323 g/mol. The fourth-order valence-electron chi connectivity index (χ4n) is 2.39. The van der Waals surface area contributed by atoms with Crippen molar-refractivity contribution in [3.8, 4) is 17.0 Å². The molecule has 0 aliphatic rings. The number of rotatable bonds is 4. The predicted molar refractivity (Wildman–Crippen MR) is 79.3 cm³/mol. The van der Waals surface area contributed by atoms with Crippen molar-refractivity contribution in [2.45, 2.75) is 12.7 Å². The minimum atomic E-state index is -4.44. The van der Waals surface area contributed by atoms with Crippen molar-refractivity contribution in [1.82, 2.24) is 24.8 Å². The third-order valence-corrected chi connectivity index (χ3v) is 3.47. The second kappa shape index (κ2) is 5.99. The van der Waals surface area contributed by atoms with Crippen LogP contribution < -0.4 is 4.74 Å². The first-order valence-corrected chi connectivity index (χ1v) is 7.02. The van der Waals surface area contributed by atoms with Crippen LogP contribution in [0.25, 0.3) is 11.3 Å². The van der Waals surface area contributed by atoms with Crippen molar-refractivity contribution < 1.29 is 17.9 Å². The van der Waals surface area contributed by atoms with E-state index in [4.69, 9.17) is 4.74 Å². The van der Waals surface area contributed by atoms with Gasteiger partial charge in [-0.3, -0.25) is 4.68 Å². The van der Waals surface area contributed by atoms with E-state index in [0.717, 1.165) is 16.3 Å². The Morgan fingerprint density at radius 3 is 2.62 bits per heavy atom. The van der Waals surface area contributed by atoms with Crippen LogP contribution in [-0.4, -0.2) is 31.9 Å². The third-order valence-electron chi connectivity index (χ3n) is 3.47. The number of ether oxygens (including phenoxy) is 1. The average Bonchev–Trinajstić information content (AvgIpc) is 3.14. The van der Waals surface area contributed by atoms with E-state index in [1.54, 1.807) is 19.4 Å². The molecule has 0 amide bonds. The molecule has 2 heterocycles. The number of aromatic nitrogens is 5. The van der Waals surface area contributed by atoms with Crippen LogP contribution in [0, 0.1) is 0 Å². The van der Waals surface area contributed by atoms with Crippen molar-refractivity contribution in [1.29, 1.82) is 0 Å². The molecule has 0 atom stereocenters. The van der Waals surface area contributed by atoms with Crippen molar-refractivity contribution in [2.75, 3.05) is 7.11 Å². The van der Waals surface area contributed by atoms with E-state index in [-0.39, 0.29) is 12.2 Å². The van der Waals surface area contributed by atoms with Gasteiger partial charge in [-0.05, 0) is 18.2 Å². The van der Waals surface area contributed by atoms with Gasteiger partial charge in [0.15, 0.2) is 0 Å². The van der Waals surface area contributed by atoms with E-state index in [0.29, 0.717) is 11.4 Å². The summed E-state index contributed by atoms with van der Waals surface area (Å²) in [5.41, 5.74) is 0.770. The normalized spacial score (nSPS) is 11.7. The third kappa shape index (κ3) is 3.10. The molecule has 126 valence electrons. The lowest BCUT2D eigenvalue weighted by Crippen LogP contribution is -2.11. The van der Waals surface area contributed by atoms with Crippen molar-refractivity contribution >= 4 is 0 Å². The number of halogens is 3. The zero-order valence-electron chi connectivity index (χ0n) is 12.9. The largest absolute Gasteiger partial charge is 0.496 e. The molecule has 0 saturated heterocycles. The van der Waals surface area contributed by atoms with Crippen LogP contribution in [0.4, 0.5) is 13.2 Å².